The third-order valence-corrected chi connectivity index (χ3v) is 6.70. The zero-order valence-corrected chi connectivity index (χ0v) is 19.6. The van der Waals surface area contributed by atoms with Crippen molar-refractivity contribution in [1.29, 1.82) is 0 Å². The van der Waals surface area contributed by atoms with E-state index < -0.39 is 0 Å². The molecule has 0 radical (unpaired) electrons. The second-order valence-electron chi connectivity index (χ2n) is 7.42. The molecule has 6 heteroatoms. The molecule has 0 saturated carbocycles. The molecular formula is C26H24N2O2S2. The van der Waals surface area contributed by atoms with Gasteiger partial charge in [-0.25, -0.2) is 0 Å². The molecule has 1 unspecified atom stereocenters. The smallest absolute Gasteiger partial charge is 0.277 e. The lowest BCUT2D eigenvalue weighted by Crippen LogP contribution is -2.33. The standard InChI is InChI=1S/C26H24N2O2S2/c1-18(20-9-5-3-6-10-20)28-25(29)23(27-26(28)31)15-19-13-14-21(24(16-19)30-2)17-32-22-11-7-4-8-12-22/h3-16,18H,17H2,1-2H3,(H,27,31)/b23-15-. The van der Waals surface area contributed by atoms with Crippen molar-refractivity contribution in [3.8, 4) is 5.75 Å². The second-order valence-corrected chi connectivity index (χ2v) is 8.86. The summed E-state index contributed by atoms with van der Waals surface area (Å²) >= 11 is 7.22. The number of nitrogens with zero attached hydrogens (tertiary/aromatic N) is 1. The highest BCUT2D eigenvalue weighted by Crippen LogP contribution is 2.30. The zero-order chi connectivity index (χ0) is 22.5. The van der Waals surface area contributed by atoms with Crippen LogP contribution in [-0.4, -0.2) is 23.0 Å². The lowest BCUT2D eigenvalue weighted by Gasteiger charge is -2.23. The number of hydrogen-bond donors (Lipinski definition) is 1. The molecule has 0 bridgehead atoms. The largest absolute Gasteiger partial charge is 0.496 e. The van der Waals surface area contributed by atoms with Gasteiger partial charge in [-0.15, -0.1) is 11.8 Å². The summed E-state index contributed by atoms with van der Waals surface area (Å²) in [6.45, 7) is 1.98. The molecule has 1 atom stereocenters. The van der Waals surface area contributed by atoms with Crippen molar-refractivity contribution in [3.63, 3.8) is 0 Å². The number of thioether (sulfide) groups is 1. The second kappa shape index (κ2) is 10.0. The van der Waals surface area contributed by atoms with E-state index in [1.165, 1.54) is 4.90 Å². The predicted octanol–water partition coefficient (Wildman–Crippen LogP) is 5.81. The first-order valence-corrected chi connectivity index (χ1v) is 11.7. The van der Waals surface area contributed by atoms with E-state index in [1.54, 1.807) is 23.8 Å². The molecule has 162 valence electrons. The van der Waals surface area contributed by atoms with E-state index in [1.807, 2.05) is 79.7 Å². The van der Waals surface area contributed by atoms with E-state index in [4.69, 9.17) is 17.0 Å². The molecule has 4 nitrogen and oxygen atoms in total. The molecule has 32 heavy (non-hydrogen) atoms. The van der Waals surface area contributed by atoms with E-state index in [0.29, 0.717) is 10.8 Å². The van der Waals surface area contributed by atoms with Gasteiger partial charge < -0.3 is 10.1 Å². The fourth-order valence-corrected chi connectivity index (χ4v) is 4.86. The van der Waals surface area contributed by atoms with Gasteiger partial charge in [0.25, 0.3) is 5.91 Å². The maximum Gasteiger partial charge on any atom is 0.277 e. The minimum Gasteiger partial charge on any atom is -0.496 e. The summed E-state index contributed by atoms with van der Waals surface area (Å²) in [6, 6.07) is 26.0. The van der Waals surface area contributed by atoms with Gasteiger partial charge in [0.15, 0.2) is 5.11 Å². The highest BCUT2D eigenvalue weighted by Gasteiger charge is 2.34. The van der Waals surface area contributed by atoms with Crippen LogP contribution >= 0.6 is 24.0 Å². The zero-order valence-electron chi connectivity index (χ0n) is 17.9. The number of hydrogen-bond acceptors (Lipinski definition) is 4. The number of carbonyl (C=O) groups is 1. The number of methoxy groups -OCH3 is 1. The van der Waals surface area contributed by atoms with Crippen LogP contribution in [0.4, 0.5) is 0 Å². The van der Waals surface area contributed by atoms with Gasteiger partial charge >= 0.3 is 0 Å². The van der Waals surface area contributed by atoms with Crippen LogP contribution in [0, 0.1) is 0 Å². The summed E-state index contributed by atoms with van der Waals surface area (Å²) in [5.74, 6) is 1.47. The number of benzene rings is 3. The highest BCUT2D eigenvalue weighted by atomic mass is 32.2. The number of rotatable bonds is 7. The molecule has 4 rings (SSSR count). The van der Waals surface area contributed by atoms with Crippen LogP contribution in [0.5, 0.6) is 5.75 Å². The van der Waals surface area contributed by atoms with Crippen molar-refractivity contribution in [1.82, 2.24) is 10.2 Å². The lowest BCUT2D eigenvalue weighted by molar-refractivity contribution is -0.123. The number of ether oxygens (including phenoxy) is 1. The first kappa shape index (κ1) is 22.1. The Morgan fingerprint density at radius 2 is 1.75 bits per heavy atom. The number of nitrogens with one attached hydrogen (secondary N) is 1. The molecule has 3 aromatic carbocycles. The Kier molecular flexibility index (Phi) is 6.93. The van der Waals surface area contributed by atoms with Crippen molar-refractivity contribution in [2.24, 2.45) is 0 Å². The van der Waals surface area contributed by atoms with Gasteiger partial charge in [0.2, 0.25) is 0 Å². The van der Waals surface area contributed by atoms with E-state index in [-0.39, 0.29) is 11.9 Å². The normalized spacial score (nSPS) is 15.7. The summed E-state index contributed by atoms with van der Waals surface area (Å²) in [6.07, 6.45) is 1.82. The fourth-order valence-electron chi connectivity index (χ4n) is 3.60. The summed E-state index contributed by atoms with van der Waals surface area (Å²) in [4.78, 5) is 15.9. The average molecular weight is 461 g/mol. The SMILES string of the molecule is COc1cc(/C=C2\NC(=S)N(C(C)c3ccccc3)C2=O)ccc1CSc1ccccc1. The van der Waals surface area contributed by atoms with Crippen LogP contribution < -0.4 is 10.1 Å². The van der Waals surface area contributed by atoms with Gasteiger partial charge in [-0.3, -0.25) is 9.69 Å². The summed E-state index contributed by atoms with van der Waals surface area (Å²) in [7, 11) is 1.67. The van der Waals surface area contributed by atoms with Gasteiger partial charge in [0.1, 0.15) is 11.4 Å². The Labute approximate surface area is 198 Å². The summed E-state index contributed by atoms with van der Waals surface area (Å²) in [5, 5.41) is 3.49. The van der Waals surface area contributed by atoms with Crippen LogP contribution in [0.15, 0.2) is 89.5 Å². The lowest BCUT2D eigenvalue weighted by atomic mass is 10.1. The molecule has 1 fully saturated rings. The highest BCUT2D eigenvalue weighted by molar-refractivity contribution is 7.98. The Morgan fingerprint density at radius 3 is 2.44 bits per heavy atom. The minimum atomic E-state index is -0.151. The molecule has 1 aliphatic rings. The molecule has 0 aromatic heterocycles. The first-order chi connectivity index (χ1) is 15.6. The number of thiocarbonyl (C=S) groups is 1. The number of carbonyl (C=O) groups excluding carboxylic acids is 1. The Bertz CT molecular complexity index is 1150. The molecule has 1 N–H and O–H groups in total. The molecule has 1 amide bonds. The topological polar surface area (TPSA) is 41.6 Å². The Hall–Kier alpha value is -3.09. The van der Waals surface area contributed by atoms with Gasteiger partial charge in [0.05, 0.1) is 13.2 Å². The Balaban J connectivity index is 1.52. The number of amides is 1. The molecule has 0 aliphatic carbocycles. The third kappa shape index (κ3) is 4.87. The predicted molar refractivity (Wildman–Crippen MR) is 134 cm³/mol. The van der Waals surface area contributed by atoms with Crippen molar-refractivity contribution in [2.45, 2.75) is 23.6 Å². The third-order valence-electron chi connectivity index (χ3n) is 5.34. The monoisotopic (exact) mass is 460 g/mol. The van der Waals surface area contributed by atoms with Crippen molar-refractivity contribution in [2.75, 3.05) is 7.11 Å². The fraction of sp³-hybridized carbons (Fsp3) is 0.154. The molecule has 1 aliphatic heterocycles. The van der Waals surface area contributed by atoms with E-state index in [9.17, 15) is 4.79 Å². The first-order valence-electron chi connectivity index (χ1n) is 10.3. The van der Waals surface area contributed by atoms with E-state index in [2.05, 4.69) is 17.4 Å². The van der Waals surface area contributed by atoms with Crippen molar-refractivity contribution < 1.29 is 9.53 Å². The van der Waals surface area contributed by atoms with Crippen molar-refractivity contribution in [3.05, 3.63) is 101 Å². The van der Waals surface area contributed by atoms with Crippen LogP contribution in [0.2, 0.25) is 0 Å². The van der Waals surface area contributed by atoms with Crippen molar-refractivity contribution >= 4 is 41.1 Å². The van der Waals surface area contributed by atoms with Gasteiger partial charge in [-0.1, -0.05) is 60.7 Å². The molecular weight excluding hydrogens is 436 g/mol. The molecule has 3 aromatic rings. The van der Waals surface area contributed by atoms with Gasteiger partial charge in [-0.2, -0.15) is 0 Å². The quantitative estimate of drug-likeness (QED) is 0.274. The van der Waals surface area contributed by atoms with E-state index in [0.717, 1.165) is 28.2 Å². The van der Waals surface area contributed by atoms with Crippen LogP contribution in [0.1, 0.15) is 29.7 Å². The van der Waals surface area contributed by atoms with Gasteiger partial charge in [0, 0.05) is 16.2 Å². The maximum atomic E-state index is 13.1. The van der Waals surface area contributed by atoms with Crippen LogP contribution in [-0.2, 0) is 10.5 Å². The van der Waals surface area contributed by atoms with Crippen LogP contribution in [0.3, 0.4) is 0 Å². The molecule has 1 heterocycles. The van der Waals surface area contributed by atoms with E-state index >= 15 is 0 Å². The Morgan fingerprint density at radius 1 is 1.06 bits per heavy atom. The summed E-state index contributed by atoms with van der Waals surface area (Å²) in [5.41, 5.74) is 3.48. The molecule has 0 spiro atoms. The van der Waals surface area contributed by atoms with Crippen LogP contribution in [0.25, 0.3) is 6.08 Å². The minimum absolute atomic E-state index is 0.131. The van der Waals surface area contributed by atoms with Gasteiger partial charge in [-0.05, 0) is 54.5 Å². The average Bonchev–Trinajstić information content (AvgIpc) is 3.11. The maximum absolute atomic E-state index is 13.1. The molecule has 1 saturated heterocycles. The summed E-state index contributed by atoms with van der Waals surface area (Å²) < 4.78 is 5.62.